The van der Waals surface area contributed by atoms with E-state index in [2.05, 4.69) is 36.0 Å². The maximum absolute atomic E-state index is 11.3. The standard InChI is InChI=1S/C13H27N3O2/c1-10(8-13(3,14-4)12(17)18)16-7-6-15(5)9-11(16)2/h10-11,14H,6-9H2,1-5H3,(H,17,18). The first kappa shape index (κ1) is 15.4. The van der Waals surface area contributed by atoms with E-state index >= 15 is 0 Å². The summed E-state index contributed by atoms with van der Waals surface area (Å²) >= 11 is 0. The molecule has 1 saturated heterocycles. The first-order valence-corrected chi connectivity index (χ1v) is 6.66. The third-order valence-electron chi connectivity index (χ3n) is 4.18. The Morgan fingerprint density at radius 1 is 1.56 bits per heavy atom. The molecule has 0 aromatic heterocycles. The average Bonchev–Trinajstić information content (AvgIpc) is 2.28. The fraction of sp³-hybridized carbons (Fsp3) is 0.923. The number of piperazine rings is 1. The molecule has 0 radical (unpaired) electrons. The van der Waals surface area contributed by atoms with Crippen molar-refractivity contribution in [1.82, 2.24) is 15.1 Å². The predicted octanol–water partition coefficient (Wildman–Crippen LogP) is 0.464. The van der Waals surface area contributed by atoms with E-state index in [1.165, 1.54) is 0 Å². The van der Waals surface area contributed by atoms with Gasteiger partial charge in [0.1, 0.15) is 5.54 Å². The maximum Gasteiger partial charge on any atom is 0.323 e. The van der Waals surface area contributed by atoms with Gasteiger partial charge in [-0.25, -0.2) is 0 Å². The fourth-order valence-corrected chi connectivity index (χ4v) is 2.81. The Labute approximate surface area is 110 Å². The highest BCUT2D eigenvalue weighted by atomic mass is 16.4. The molecule has 0 saturated carbocycles. The molecule has 106 valence electrons. The molecule has 5 nitrogen and oxygen atoms in total. The van der Waals surface area contributed by atoms with Crippen LogP contribution in [0.2, 0.25) is 0 Å². The number of likely N-dealkylation sites (N-methyl/N-ethyl adjacent to an activating group) is 2. The van der Waals surface area contributed by atoms with Gasteiger partial charge in [0.05, 0.1) is 0 Å². The molecular weight excluding hydrogens is 230 g/mol. The first-order valence-electron chi connectivity index (χ1n) is 6.66. The molecule has 1 aliphatic heterocycles. The lowest BCUT2D eigenvalue weighted by atomic mass is 9.92. The van der Waals surface area contributed by atoms with Crippen LogP contribution in [-0.2, 0) is 4.79 Å². The third-order valence-corrected chi connectivity index (χ3v) is 4.18. The minimum Gasteiger partial charge on any atom is -0.480 e. The molecule has 18 heavy (non-hydrogen) atoms. The highest BCUT2D eigenvalue weighted by Crippen LogP contribution is 2.20. The summed E-state index contributed by atoms with van der Waals surface area (Å²) in [5.74, 6) is -0.779. The molecule has 1 rings (SSSR count). The second kappa shape index (κ2) is 5.99. The summed E-state index contributed by atoms with van der Waals surface area (Å²) in [7, 11) is 3.85. The van der Waals surface area contributed by atoms with Gasteiger partial charge < -0.3 is 15.3 Å². The summed E-state index contributed by atoms with van der Waals surface area (Å²) in [6.45, 7) is 9.21. The molecule has 5 heteroatoms. The lowest BCUT2D eigenvalue weighted by Gasteiger charge is -2.43. The van der Waals surface area contributed by atoms with Crippen LogP contribution in [0.3, 0.4) is 0 Å². The van der Waals surface area contributed by atoms with Crippen LogP contribution in [0, 0.1) is 0 Å². The van der Waals surface area contributed by atoms with Crippen LogP contribution in [-0.4, -0.2) is 72.2 Å². The Bertz CT molecular complexity index is 298. The lowest BCUT2D eigenvalue weighted by molar-refractivity contribution is -0.145. The minimum atomic E-state index is -0.845. The molecule has 0 amide bonds. The van der Waals surface area contributed by atoms with Gasteiger partial charge in [-0.3, -0.25) is 9.69 Å². The Kier molecular flexibility index (Phi) is 5.13. The SMILES string of the molecule is CNC(C)(CC(C)N1CCN(C)CC1C)C(=O)O. The van der Waals surface area contributed by atoms with E-state index in [4.69, 9.17) is 0 Å². The zero-order valence-corrected chi connectivity index (χ0v) is 12.2. The van der Waals surface area contributed by atoms with Gasteiger partial charge >= 0.3 is 5.97 Å². The van der Waals surface area contributed by atoms with E-state index in [-0.39, 0.29) is 6.04 Å². The van der Waals surface area contributed by atoms with Crippen LogP contribution in [0.5, 0.6) is 0 Å². The molecule has 0 aliphatic carbocycles. The Morgan fingerprint density at radius 3 is 2.61 bits per heavy atom. The van der Waals surface area contributed by atoms with Crippen molar-refractivity contribution in [3.8, 4) is 0 Å². The molecule has 2 N–H and O–H groups in total. The van der Waals surface area contributed by atoms with Gasteiger partial charge in [-0.2, -0.15) is 0 Å². The number of carboxylic acids is 1. The van der Waals surface area contributed by atoms with Crippen LogP contribution >= 0.6 is 0 Å². The highest BCUT2D eigenvalue weighted by Gasteiger charge is 2.36. The van der Waals surface area contributed by atoms with Crippen LogP contribution in [0.25, 0.3) is 0 Å². The second-order valence-corrected chi connectivity index (χ2v) is 5.79. The van der Waals surface area contributed by atoms with Gasteiger partial charge in [-0.15, -0.1) is 0 Å². The van der Waals surface area contributed by atoms with Crippen molar-refractivity contribution in [3.63, 3.8) is 0 Å². The molecule has 0 spiro atoms. The van der Waals surface area contributed by atoms with Crippen LogP contribution in [0.15, 0.2) is 0 Å². The van der Waals surface area contributed by atoms with Crippen LogP contribution in [0.4, 0.5) is 0 Å². The lowest BCUT2D eigenvalue weighted by Crippen LogP contribution is -2.57. The first-order chi connectivity index (χ1) is 8.30. The molecule has 3 atom stereocenters. The quantitative estimate of drug-likeness (QED) is 0.749. The summed E-state index contributed by atoms with van der Waals surface area (Å²) < 4.78 is 0. The molecular formula is C13H27N3O2. The van der Waals surface area contributed by atoms with E-state index in [1.54, 1.807) is 14.0 Å². The van der Waals surface area contributed by atoms with Crippen molar-refractivity contribution in [2.45, 2.75) is 44.8 Å². The van der Waals surface area contributed by atoms with E-state index in [9.17, 15) is 9.90 Å². The summed E-state index contributed by atoms with van der Waals surface area (Å²) in [5.41, 5.74) is -0.845. The van der Waals surface area contributed by atoms with Gasteiger partial charge in [0.25, 0.3) is 0 Å². The molecule has 0 bridgehead atoms. The Morgan fingerprint density at radius 2 is 2.17 bits per heavy atom. The number of carbonyl (C=O) groups is 1. The predicted molar refractivity (Wildman–Crippen MR) is 72.8 cm³/mol. The zero-order chi connectivity index (χ0) is 13.9. The van der Waals surface area contributed by atoms with Gasteiger partial charge in [0.2, 0.25) is 0 Å². The normalized spacial score (nSPS) is 27.7. The molecule has 0 aromatic carbocycles. The Hall–Kier alpha value is -0.650. The molecule has 1 fully saturated rings. The zero-order valence-electron chi connectivity index (χ0n) is 12.2. The van der Waals surface area contributed by atoms with Crippen molar-refractivity contribution >= 4 is 5.97 Å². The summed E-state index contributed by atoms with van der Waals surface area (Å²) in [4.78, 5) is 16.1. The van der Waals surface area contributed by atoms with Crippen LogP contribution in [0.1, 0.15) is 27.2 Å². The topological polar surface area (TPSA) is 55.8 Å². The van der Waals surface area contributed by atoms with Gasteiger partial charge in [-0.1, -0.05) is 0 Å². The average molecular weight is 257 g/mol. The van der Waals surface area contributed by atoms with E-state index in [0.717, 1.165) is 19.6 Å². The van der Waals surface area contributed by atoms with Crippen molar-refractivity contribution in [2.75, 3.05) is 33.7 Å². The van der Waals surface area contributed by atoms with Gasteiger partial charge in [0.15, 0.2) is 0 Å². The van der Waals surface area contributed by atoms with Crippen molar-refractivity contribution in [1.29, 1.82) is 0 Å². The maximum atomic E-state index is 11.3. The number of aliphatic carboxylic acids is 1. The third kappa shape index (κ3) is 3.43. The summed E-state index contributed by atoms with van der Waals surface area (Å²) in [6.07, 6.45) is 0.618. The number of nitrogens with zero attached hydrogens (tertiary/aromatic N) is 2. The fourth-order valence-electron chi connectivity index (χ4n) is 2.81. The monoisotopic (exact) mass is 257 g/mol. The number of nitrogens with one attached hydrogen (secondary N) is 1. The molecule has 3 unspecified atom stereocenters. The summed E-state index contributed by atoms with van der Waals surface area (Å²) in [5, 5.41) is 12.2. The minimum absolute atomic E-state index is 0.266. The second-order valence-electron chi connectivity index (χ2n) is 5.79. The Balaban J connectivity index is 2.64. The summed E-state index contributed by atoms with van der Waals surface area (Å²) in [6, 6.07) is 0.746. The highest BCUT2D eigenvalue weighted by molar-refractivity contribution is 5.78. The number of carboxylic acid groups (broad SMARTS) is 1. The van der Waals surface area contributed by atoms with Crippen LogP contribution < -0.4 is 5.32 Å². The van der Waals surface area contributed by atoms with Crippen molar-refractivity contribution in [3.05, 3.63) is 0 Å². The van der Waals surface area contributed by atoms with Crippen molar-refractivity contribution in [2.24, 2.45) is 0 Å². The number of hydrogen-bond acceptors (Lipinski definition) is 4. The van der Waals surface area contributed by atoms with Gasteiger partial charge in [0, 0.05) is 31.7 Å². The van der Waals surface area contributed by atoms with E-state index in [1.807, 2.05) is 0 Å². The molecule has 1 aliphatic rings. The number of hydrogen-bond donors (Lipinski definition) is 2. The largest absolute Gasteiger partial charge is 0.480 e. The smallest absolute Gasteiger partial charge is 0.323 e. The van der Waals surface area contributed by atoms with E-state index < -0.39 is 11.5 Å². The molecule has 1 heterocycles. The number of rotatable bonds is 5. The van der Waals surface area contributed by atoms with E-state index in [0.29, 0.717) is 12.5 Å². The van der Waals surface area contributed by atoms with Gasteiger partial charge in [-0.05, 0) is 41.3 Å². The molecule has 0 aromatic rings. The van der Waals surface area contributed by atoms with Crippen molar-refractivity contribution < 1.29 is 9.90 Å².